The summed E-state index contributed by atoms with van der Waals surface area (Å²) in [6.45, 7) is 2.21. The Hall–Kier alpha value is -2.31. The van der Waals surface area contributed by atoms with Gasteiger partial charge >= 0.3 is 6.03 Å². The number of nitrogens with zero attached hydrogens (tertiary/aromatic N) is 2. The van der Waals surface area contributed by atoms with E-state index in [4.69, 9.17) is 27.9 Å². The van der Waals surface area contributed by atoms with E-state index in [1.165, 1.54) is 11.1 Å². The molecule has 3 amide bonds. The Morgan fingerprint density at radius 2 is 2.04 bits per heavy atom. The number of hydrogen-bond acceptors (Lipinski definition) is 4. The van der Waals surface area contributed by atoms with Crippen molar-refractivity contribution in [1.29, 1.82) is 0 Å². The highest BCUT2D eigenvalue weighted by Crippen LogP contribution is 2.32. The molecule has 0 aliphatic carbocycles. The van der Waals surface area contributed by atoms with Crippen molar-refractivity contribution in [3.05, 3.63) is 58.3 Å². The van der Waals surface area contributed by atoms with Gasteiger partial charge in [0.1, 0.15) is 16.4 Å². The summed E-state index contributed by atoms with van der Waals surface area (Å²) in [5.74, 6) is 0.279. The molecule has 1 unspecified atom stereocenters. The van der Waals surface area contributed by atoms with E-state index in [9.17, 15) is 9.59 Å². The molecule has 26 heavy (non-hydrogen) atoms. The van der Waals surface area contributed by atoms with Gasteiger partial charge in [-0.25, -0.2) is 9.78 Å². The molecule has 3 rings (SSSR count). The van der Waals surface area contributed by atoms with Gasteiger partial charge in [-0.05, 0) is 37.6 Å². The fraction of sp³-hybridized carbons (Fsp3) is 0.278. The Kier molecular flexibility index (Phi) is 5.34. The lowest BCUT2D eigenvalue weighted by Crippen LogP contribution is -2.41. The number of carbonyl (C=O) groups excluding carboxylic acids is 2. The van der Waals surface area contributed by atoms with E-state index in [0.29, 0.717) is 29.4 Å². The summed E-state index contributed by atoms with van der Waals surface area (Å²) in [4.78, 5) is 30.2. The first-order valence-corrected chi connectivity index (χ1v) is 8.81. The Balaban J connectivity index is 1.62. The Morgan fingerprint density at radius 1 is 1.23 bits per heavy atom. The van der Waals surface area contributed by atoms with Crippen LogP contribution in [0.25, 0.3) is 0 Å². The molecule has 2 heterocycles. The molecule has 136 valence electrons. The van der Waals surface area contributed by atoms with E-state index in [-0.39, 0.29) is 17.6 Å². The highest BCUT2D eigenvalue weighted by Gasteiger charge is 2.49. The van der Waals surface area contributed by atoms with Gasteiger partial charge in [0.2, 0.25) is 0 Å². The summed E-state index contributed by atoms with van der Waals surface area (Å²) >= 11 is 12.0. The van der Waals surface area contributed by atoms with E-state index in [1.54, 1.807) is 43.3 Å². The topological polar surface area (TPSA) is 71.5 Å². The van der Waals surface area contributed by atoms with E-state index >= 15 is 0 Å². The van der Waals surface area contributed by atoms with Crippen molar-refractivity contribution >= 4 is 35.1 Å². The summed E-state index contributed by atoms with van der Waals surface area (Å²) < 4.78 is 5.59. The summed E-state index contributed by atoms with van der Waals surface area (Å²) in [6.07, 6.45) is 2.02. The van der Waals surface area contributed by atoms with Crippen LogP contribution in [0.5, 0.6) is 5.75 Å². The van der Waals surface area contributed by atoms with Crippen LogP contribution in [0.4, 0.5) is 4.79 Å². The minimum Gasteiger partial charge on any atom is -0.493 e. The third-order valence-electron chi connectivity index (χ3n) is 4.16. The smallest absolute Gasteiger partial charge is 0.325 e. The van der Waals surface area contributed by atoms with Crippen molar-refractivity contribution in [1.82, 2.24) is 15.2 Å². The highest BCUT2D eigenvalue weighted by atomic mass is 35.5. The number of amides is 3. The monoisotopic (exact) mass is 393 g/mol. The number of rotatable bonds is 6. The summed E-state index contributed by atoms with van der Waals surface area (Å²) in [5, 5.41) is 3.48. The van der Waals surface area contributed by atoms with Crippen molar-refractivity contribution in [2.75, 3.05) is 13.2 Å². The van der Waals surface area contributed by atoms with Crippen LogP contribution in [-0.4, -0.2) is 35.0 Å². The molecular weight excluding hydrogens is 377 g/mol. The van der Waals surface area contributed by atoms with Crippen LogP contribution < -0.4 is 10.1 Å². The molecule has 1 aliphatic heterocycles. The number of nitrogens with one attached hydrogen (secondary N) is 1. The lowest BCUT2D eigenvalue weighted by molar-refractivity contribution is -0.131. The van der Waals surface area contributed by atoms with E-state index in [0.717, 1.165) is 0 Å². The molecule has 8 heteroatoms. The van der Waals surface area contributed by atoms with E-state index in [2.05, 4.69) is 10.3 Å². The molecule has 0 radical (unpaired) electrons. The molecule has 1 N–H and O–H groups in total. The zero-order valence-corrected chi connectivity index (χ0v) is 15.5. The average Bonchev–Trinajstić information content (AvgIpc) is 2.82. The molecule has 2 aromatic rings. The zero-order chi connectivity index (χ0) is 18.7. The minimum absolute atomic E-state index is 0.190. The van der Waals surface area contributed by atoms with Crippen LogP contribution in [0, 0.1) is 0 Å². The van der Waals surface area contributed by atoms with Crippen molar-refractivity contribution < 1.29 is 14.3 Å². The molecule has 1 saturated heterocycles. The first kappa shape index (κ1) is 18.5. The summed E-state index contributed by atoms with van der Waals surface area (Å²) in [7, 11) is 0. The molecule has 1 atom stereocenters. The van der Waals surface area contributed by atoms with Gasteiger partial charge in [0.05, 0.1) is 6.61 Å². The normalized spacial score (nSPS) is 19.6. The number of carbonyl (C=O) groups is 2. The number of imide groups is 1. The summed E-state index contributed by atoms with van der Waals surface area (Å²) in [6, 6.07) is 9.94. The zero-order valence-electron chi connectivity index (χ0n) is 14.0. The number of benzene rings is 1. The van der Waals surface area contributed by atoms with Gasteiger partial charge in [-0.1, -0.05) is 35.3 Å². The fourth-order valence-corrected chi connectivity index (χ4v) is 3.30. The standard InChI is InChI=1S/C18H17Cl2N3O3/c1-18(14-7-3-8-21-15(14)20)16(24)23(17(25)22-18)9-4-10-26-13-6-2-5-12(19)11-13/h2-3,5-8,11H,4,9-10H2,1H3,(H,22,25). The number of urea groups is 1. The minimum atomic E-state index is -1.23. The second-order valence-electron chi connectivity index (χ2n) is 6.01. The van der Waals surface area contributed by atoms with Crippen LogP contribution in [-0.2, 0) is 10.3 Å². The average molecular weight is 394 g/mol. The fourth-order valence-electron chi connectivity index (χ4n) is 2.81. The molecule has 1 fully saturated rings. The number of aromatic nitrogens is 1. The van der Waals surface area contributed by atoms with Gasteiger partial charge in [-0.2, -0.15) is 0 Å². The van der Waals surface area contributed by atoms with Crippen LogP contribution in [0.2, 0.25) is 10.2 Å². The Bertz CT molecular complexity index is 846. The van der Waals surface area contributed by atoms with Gasteiger partial charge in [0.15, 0.2) is 0 Å². The van der Waals surface area contributed by atoms with Gasteiger partial charge in [-0.3, -0.25) is 9.69 Å². The van der Waals surface area contributed by atoms with Gasteiger partial charge in [-0.15, -0.1) is 0 Å². The maximum atomic E-state index is 12.8. The SMILES string of the molecule is CC1(c2cccnc2Cl)NC(=O)N(CCCOc2cccc(Cl)c2)C1=O. The lowest BCUT2D eigenvalue weighted by atomic mass is 9.93. The van der Waals surface area contributed by atoms with Crippen molar-refractivity contribution in [2.45, 2.75) is 18.9 Å². The lowest BCUT2D eigenvalue weighted by Gasteiger charge is -2.22. The largest absolute Gasteiger partial charge is 0.493 e. The molecule has 1 aromatic heterocycles. The second-order valence-corrected chi connectivity index (χ2v) is 6.81. The van der Waals surface area contributed by atoms with E-state index < -0.39 is 11.6 Å². The van der Waals surface area contributed by atoms with Crippen molar-refractivity contribution in [2.24, 2.45) is 0 Å². The van der Waals surface area contributed by atoms with Crippen LogP contribution in [0.1, 0.15) is 18.9 Å². The number of ether oxygens (including phenoxy) is 1. The maximum absolute atomic E-state index is 12.8. The predicted octanol–water partition coefficient (Wildman–Crippen LogP) is 3.62. The van der Waals surface area contributed by atoms with Crippen LogP contribution in [0.3, 0.4) is 0 Å². The van der Waals surface area contributed by atoms with Crippen molar-refractivity contribution in [3.8, 4) is 5.75 Å². The molecule has 6 nitrogen and oxygen atoms in total. The molecule has 0 saturated carbocycles. The highest BCUT2D eigenvalue weighted by molar-refractivity contribution is 6.31. The van der Waals surface area contributed by atoms with Gasteiger partial charge < -0.3 is 10.1 Å². The molecule has 0 spiro atoms. The van der Waals surface area contributed by atoms with Crippen molar-refractivity contribution in [3.63, 3.8) is 0 Å². The maximum Gasteiger partial charge on any atom is 0.325 e. The van der Waals surface area contributed by atoms with Crippen LogP contribution >= 0.6 is 23.2 Å². The van der Waals surface area contributed by atoms with Gasteiger partial charge in [0.25, 0.3) is 5.91 Å². The van der Waals surface area contributed by atoms with Gasteiger partial charge in [0, 0.05) is 23.3 Å². The third kappa shape index (κ3) is 3.61. The second kappa shape index (κ2) is 7.51. The summed E-state index contributed by atoms with van der Waals surface area (Å²) in [5.41, 5.74) is -0.756. The first-order valence-electron chi connectivity index (χ1n) is 8.05. The molecule has 0 bridgehead atoms. The molecular formula is C18H17Cl2N3O3. The van der Waals surface area contributed by atoms with E-state index in [1.807, 2.05) is 0 Å². The Morgan fingerprint density at radius 3 is 2.77 bits per heavy atom. The predicted molar refractivity (Wildman–Crippen MR) is 98.4 cm³/mol. The quantitative estimate of drug-likeness (QED) is 0.462. The number of hydrogen-bond donors (Lipinski definition) is 1. The third-order valence-corrected chi connectivity index (χ3v) is 4.70. The Labute approximate surface area is 161 Å². The number of halogens is 2. The number of pyridine rings is 1. The first-order chi connectivity index (χ1) is 12.4. The molecule has 1 aromatic carbocycles. The van der Waals surface area contributed by atoms with Crippen LogP contribution in [0.15, 0.2) is 42.6 Å². The molecule has 1 aliphatic rings.